The zero-order valence-corrected chi connectivity index (χ0v) is 12.4. The maximum absolute atomic E-state index is 11.8. The Kier molecular flexibility index (Phi) is 4.53. The molecule has 1 heterocycles. The Hall–Kier alpha value is 0.0500. The monoisotopic (exact) mass is 345 g/mol. The van der Waals surface area contributed by atoms with E-state index >= 15 is 0 Å². The van der Waals surface area contributed by atoms with Gasteiger partial charge < -0.3 is 0 Å². The second-order valence-corrected chi connectivity index (χ2v) is 7.86. The van der Waals surface area contributed by atoms with E-state index in [1.165, 1.54) is 19.9 Å². The van der Waals surface area contributed by atoms with Gasteiger partial charge in [0.05, 0.1) is 14.9 Å². The van der Waals surface area contributed by atoms with Crippen LogP contribution < -0.4 is 4.72 Å². The first kappa shape index (κ1) is 14.1. The van der Waals surface area contributed by atoms with Gasteiger partial charge in [0.2, 0.25) is 0 Å². The van der Waals surface area contributed by atoms with Crippen LogP contribution in [0, 0.1) is 0 Å². The van der Waals surface area contributed by atoms with Crippen molar-refractivity contribution in [1.29, 1.82) is 0 Å². The van der Waals surface area contributed by atoms with Crippen LogP contribution in [-0.4, -0.2) is 20.2 Å². The third kappa shape index (κ3) is 3.27. The second kappa shape index (κ2) is 5.14. The fourth-order valence-corrected chi connectivity index (χ4v) is 4.51. The molecule has 0 fully saturated rings. The lowest BCUT2D eigenvalue weighted by atomic mass is 10.3. The van der Waals surface area contributed by atoms with Gasteiger partial charge in [-0.1, -0.05) is 11.6 Å². The quantitative estimate of drug-likeness (QED) is 0.910. The Morgan fingerprint density at radius 1 is 1.62 bits per heavy atom. The summed E-state index contributed by atoms with van der Waals surface area (Å²) in [7, 11) is -3.67. The summed E-state index contributed by atoms with van der Waals surface area (Å²) < 4.78 is 26.5. The summed E-state index contributed by atoms with van der Waals surface area (Å²) in [5, 5.41) is 0.334. The summed E-state index contributed by atoms with van der Waals surface area (Å²) in [6, 6.07) is 0.593. The lowest BCUT2D eigenvalue weighted by Crippen LogP contribution is -2.36. The molecule has 90 valence electrons. The maximum atomic E-state index is 11.8. The molecule has 16 heavy (non-hydrogen) atoms. The normalized spacial score (nSPS) is 13.8. The largest absolute Gasteiger partial charge is 0.298 e. The molecule has 0 aromatic carbocycles. The van der Waals surface area contributed by atoms with Gasteiger partial charge in [-0.25, -0.2) is 13.1 Å². The highest BCUT2D eigenvalue weighted by molar-refractivity contribution is 9.11. The van der Waals surface area contributed by atoms with Crippen LogP contribution in [0.15, 0.2) is 14.1 Å². The van der Waals surface area contributed by atoms with E-state index in [0.29, 0.717) is 8.81 Å². The Morgan fingerprint density at radius 2 is 2.19 bits per heavy atom. The minimum atomic E-state index is -3.67. The molecule has 1 aromatic rings. The summed E-state index contributed by atoms with van der Waals surface area (Å²) in [5.74, 6) is -0.245. The van der Waals surface area contributed by atoms with Crippen LogP contribution >= 0.6 is 38.9 Å². The van der Waals surface area contributed by atoms with Gasteiger partial charge in [0.25, 0.3) is 10.0 Å². The van der Waals surface area contributed by atoms with Crippen LogP contribution in [0.3, 0.4) is 0 Å². The first-order chi connectivity index (χ1) is 7.24. The topological polar surface area (TPSA) is 63.2 Å². The zero-order chi connectivity index (χ0) is 12.5. The van der Waals surface area contributed by atoms with E-state index in [0.717, 1.165) is 11.3 Å². The molecule has 0 saturated carbocycles. The molecule has 0 spiro atoms. The van der Waals surface area contributed by atoms with Crippen molar-refractivity contribution in [3.05, 3.63) is 14.9 Å². The minimum Gasteiger partial charge on any atom is -0.298 e. The van der Waals surface area contributed by atoms with Crippen LogP contribution in [0.5, 0.6) is 0 Å². The van der Waals surface area contributed by atoms with E-state index in [2.05, 4.69) is 20.7 Å². The fourth-order valence-electron chi connectivity index (χ4n) is 0.833. The standard InChI is InChI=1S/C8H9BrClNO3S2/c1-4(5(2)12)11-16(13,14)7-3-6(10)8(9)15-7/h3-4,11H,1-2H3. The van der Waals surface area contributed by atoms with Gasteiger partial charge in [-0.3, -0.25) is 4.79 Å². The number of carbonyl (C=O) groups excluding carboxylic acids is 1. The van der Waals surface area contributed by atoms with Gasteiger partial charge in [-0.2, -0.15) is 0 Å². The number of halogens is 2. The first-order valence-corrected chi connectivity index (χ1v) is 7.68. The number of ketones is 1. The third-order valence-electron chi connectivity index (χ3n) is 1.83. The summed E-state index contributed by atoms with van der Waals surface area (Å²) in [5.41, 5.74) is 0. The van der Waals surface area contributed by atoms with Crippen LogP contribution in [0.1, 0.15) is 13.8 Å². The molecule has 0 saturated heterocycles. The highest BCUT2D eigenvalue weighted by Crippen LogP contribution is 2.34. The highest BCUT2D eigenvalue weighted by Gasteiger charge is 2.22. The molecule has 1 unspecified atom stereocenters. The zero-order valence-electron chi connectivity index (χ0n) is 8.45. The molecule has 0 radical (unpaired) electrons. The van der Waals surface area contributed by atoms with E-state index in [4.69, 9.17) is 11.6 Å². The van der Waals surface area contributed by atoms with E-state index in [9.17, 15) is 13.2 Å². The average Bonchev–Trinajstić information content (AvgIpc) is 2.47. The van der Waals surface area contributed by atoms with Gasteiger partial charge in [0.15, 0.2) is 0 Å². The summed E-state index contributed by atoms with van der Waals surface area (Å²) in [6.07, 6.45) is 0. The predicted octanol–water partition coefficient (Wildman–Crippen LogP) is 2.42. The molecule has 8 heteroatoms. The summed E-state index contributed by atoms with van der Waals surface area (Å²) in [6.45, 7) is 2.81. The lowest BCUT2D eigenvalue weighted by molar-refractivity contribution is -0.118. The molecule has 1 atom stereocenters. The number of sulfonamides is 1. The molecule has 0 aliphatic rings. The van der Waals surface area contributed by atoms with Crippen molar-refractivity contribution in [3.8, 4) is 0 Å². The number of hydrogen-bond acceptors (Lipinski definition) is 4. The average molecular weight is 347 g/mol. The third-order valence-corrected chi connectivity index (χ3v) is 6.32. The fraction of sp³-hybridized carbons (Fsp3) is 0.375. The first-order valence-electron chi connectivity index (χ1n) is 4.21. The minimum absolute atomic E-state index is 0.0810. The molecule has 1 N–H and O–H groups in total. The van der Waals surface area contributed by atoms with Crippen molar-refractivity contribution >= 4 is 54.7 Å². The predicted molar refractivity (Wildman–Crippen MR) is 67.5 cm³/mol. The molecule has 1 rings (SSSR count). The molecule has 0 aliphatic carbocycles. The molecular formula is C8H9BrClNO3S2. The van der Waals surface area contributed by atoms with Crippen LogP contribution in [0.25, 0.3) is 0 Å². The van der Waals surface area contributed by atoms with Crippen molar-refractivity contribution in [2.75, 3.05) is 0 Å². The van der Waals surface area contributed by atoms with Crippen LogP contribution in [0.2, 0.25) is 5.02 Å². The smallest absolute Gasteiger partial charge is 0.250 e. The number of hydrogen-bond donors (Lipinski definition) is 1. The van der Waals surface area contributed by atoms with Crippen molar-refractivity contribution < 1.29 is 13.2 Å². The van der Waals surface area contributed by atoms with Gasteiger partial charge in [0.1, 0.15) is 9.99 Å². The number of thiophene rings is 1. The lowest BCUT2D eigenvalue weighted by Gasteiger charge is -2.09. The van der Waals surface area contributed by atoms with Crippen LogP contribution in [-0.2, 0) is 14.8 Å². The molecule has 0 amide bonds. The number of Topliss-reactive ketones (excluding diaryl/α,β-unsaturated/α-hetero) is 1. The SMILES string of the molecule is CC(=O)C(C)NS(=O)(=O)c1cc(Cl)c(Br)s1. The van der Waals surface area contributed by atoms with Crippen LogP contribution in [0.4, 0.5) is 0 Å². The highest BCUT2D eigenvalue weighted by atomic mass is 79.9. The molecule has 0 aliphatic heterocycles. The Labute approximate surface area is 111 Å². The number of carbonyl (C=O) groups is 1. The van der Waals surface area contributed by atoms with Gasteiger partial charge in [0, 0.05) is 0 Å². The molecule has 1 aromatic heterocycles. The number of nitrogens with one attached hydrogen (secondary N) is 1. The van der Waals surface area contributed by atoms with Gasteiger partial charge >= 0.3 is 0 Å². The van der Waals surface area contributed by atoms with E-state index < -0.39 is 16.1 Å². The Morgan fingerprint density at radius 3 is 2.56 bits per heavy atom. The van der Waals surface area contributed by atoms with E-state index in [1.54, 1.807) is 0 Å². The van der Waals surface area contributed by atoms with E-state index in [-0.39, 0.29) is 9.99 Å². The number of rotatable bonds is 4. The van der Waals surface area contributed by atoms with Crippen molar-refractivity contribution in [2.24, 2.45) is 0 Å². The van der Waals surface area contributed by atoms with Gasteiger partial charge in [-0.05, 0) is 35.8 Å². The van der Waals surface area contributed by atoms with Crippen molar-refractivity contribution in [1.82, 2.24) is 4.72 Å². The van der Waals surface area contributed by atoms with Crippen molar-refractivity contribution in [2.45, 2.75) is 24.1 Å². The maximum Gasteiger partial charge on any atom is 0.250 e. The van der Waals surface area contributed by atoms with E-state index in [1.807, 2.05) is 0 Å². The van der Waals surface area contributed by atoms with Gasteiger partial charge in [-0.15, -0.1) is 11.3 Å². The van der Waals surface area contributed by atoms with Crippen molar-refractivity contribution in [3.63, 3.8) is 0 Å². The Bertz CT molecular complexity index is 492. The summed E-state index contributed by atoms with van der Waals surface area (Å²) in [4.78, 5) is 11.0. The molecule has 4 nitrogen and oxygen atoms in total. The molecular weight excluding hydrogens is 338 g/mol. The Balaban J connectivity index is 2.99. The molecule has 0 bridgehead atoms. The summed E-state index contributed by atoms with van der Waals surface area (Å²) >= 11 is 9.87. The second-order valence-electron chi connectivity index (χ2n) is 3.14.